The molecule has 0 atom stereocenters. The van der Waals surface area contributed by atoms with E-state index in [2.05, 4.69) is 5.32 Å². The summed E-state index contributed by atoms with van der Waals surface area (Å²) in [6, 6.07) is 13.7. The number of nitrogens with zero attached hydrogens (tertiary/aromatic N) is 1. The van der Waals surface area contributed by atoms with Crippen molar-refractivity contribution < 1.29 is 19.1 Å². The van der Waals surface area contributed by atoms with Crippen LogP contribution in [0.25, 0.3) is 0 Å². The third kappa shape index (κ3) is 4.92. The van der Waals surface area contributed by atoms with E-state index in [9.17, 15) is 14.4 Å². The number of amides is 2. The van der Waals surface area contributed by atoms with Crippen LogP contribution in [0.4, 0.5) is 11.4 Å². The molecule has 2 amide bonds. The molecule has 2 rings (SSSR count). The van der Waals surface area contributed by atoms with Gasteiger partial charge in [0.05, 0.1) is 12.3 Å². The molecule has 0 saturated heterocycles. The fourth-order valence-electron chi connectivity index (χ4n) is 2.48. The number of benzene rings is 2. The quantitative estimate of drug-likeness (QED) is 0.774. The van der Waals surface area contributed by atoms with Gasteiger partial charge in [0.15, 0.2) is 5.78 Å². The maximum atomic E-state index is 12.4. The molecule has 0 unspecified atom stereocenters. The lowest BCUT2D eigenvalue weighted by Crippen LogP contribution is -2.37. The van der Waals surface area contributed by atoms with Crippen molar-refractivity contribution in [2.75, 3.05) is 23.4 Å². The molecule has 1 N–H and O–H groups in total. The first-order valence-electron chi connectivity index (χ1n) is 8.33. The Labute approximate surface area is 152 Å². The van der Waals surface area contributed by atoms with Crippen molar-refractivity contribution >= 4 is 29.0 Å². The number of nitrogens with one attached hydrogen (secondary N) is 1. The van der Waals surface area contributed by atoms with Crippen molar-refractivity contribution in [1.29, 1.82) is 0 Å². The van der Waals surface area contributed by atoms with Gasteiger partial charge >= 0.3 is 0 Å². The summed E-state index contributed by atoms with van der Waals surface area (Å²) in [5.41, 5.74) is 1.55. The van der Waals surface area contributed by atoms with Gasteiger partial charge < -0.3 is 10.1 Å². The van der Waals surface area contributed by atoms with E-state index in [-0.39, 0.29) is 24.1 Å². The third-order valence-electron chi connectivity index (χ3n) is 3.69. The second-order valence-corrected chi connectivity index (χ2v) is 5.69. The van der Waals surface area contributed by atoms with Gasteiger partial charge in [-0.3, -0.25) is 19.3 Å². The predicted molar refractivity (Wildman–Crippen MR) is 101 cm³/mol. The van der Waals surface area contributed by atoms with E-state index >= 15 is 0 Å². The van der Waals surface area contributed by atoms with Crippen LogP contribution in [0.15, 0.2) is 48.5 Å². The fraction of sp³-hybridized carbons (Fsp3) is 0.250. The Kier molecular flexibility index (Phi) is 6.49. The molecule has 0 aromatic heterocycles. The van der Waals surface area contributed by atoms with E-state index in [1.54, 1.807) is 48.5 Å². The van der Waals surface area contributed by atoms with E-state index in [0.717, 1.165) is 0 Å². The van der Waals surface area contributed by atoms with Crippen molar-refractivity contribution in [3.63, 3.8) is 0 Å². The zero-order chi connectivity index (χ0) is 19.1. The molecule has 0 radical (unpaired) electrons. The number of hydrogen-bond donors (Lipinski definition) is 1. The molecule has 2 aromatic carbocycles. The minimum atomic E-state index is -0.368. The van der Waals surface area contributed by atoms with Crippen LogP contribution in [0.1, 0.15) is 31.1 Å². The van der Waals surface area contributed by atoms with Gasteiger partial charge in [0.2, 0.25) is 11.8 Å². The largest absolute Gasteiger partial charge is 0.492 e. The van der Waals surface area contributed by atoms with Crippen LogP contribution >= 0.6 is 0 Å². The first-order valence-corrected chi connectivity index (χ1v) is 8.33. The Bertz CT molecular complexity index is 817. The molecule has 136 valence electrons. The number of carbonyl (C=O) groups excluding carboxylic acids is 3. The topological polar surface area (TPSA) is 75.7 Å². The average molecular weight is 354 g/mol. The molecule has 2 aromatic rings. The third-order valence-corrected chi connectivity index (χ3v) is 3.69. The number of rotatable bonds is 7. The van der Waals surface area contributed by atoms with Crippen LogP contribution in [-0.4, -0.2) is 30.7 Å². The van der Waals surface area contributed by atoms with Crippen LogP contribution < -0.4 is 15.0 Å². The number of ketones is 1. The Morgan fingerprint density at radius 3 is 2.42 bits per heavy atom. The molecule has 0 spiro atoms. The Hall–Kier alpha value is -3.15. The zero-order valence-electron chi connectivity index (χ0n) is 15.1. The Morgan fingerprint density at radius 2 is 1.77 bits per heavy atom. The summed E-state index contributed by atoms with van der Waals surface area (Å²) < 4.78 is 5.55. The Balaban J connectivity index is 2.18. The highest BCUT2D eigenvalue weighted by Crippen LogP contribution is 2.28. The minimum Gasteiger partial charge on any atom is -0.492 e. The fourth-order valence-corrected chi connectivity index (χ4v) is 2.48. The molecule has 0 saturated carbocycles. The summed E-state index contributed by atoms with van der Waals surface area (Å²) in [5, 5.41) is 2.72. The van der Waals surface area contributed by atoms with E-state index in [4.69, 9.17) is 4.74 Å². The van der Waals surface area contributed by atoms with Gasteiger partial charge in [-0.25, -0.2) is 0 Å². The lowest BCUT2D eigenvalue weighted by molar-refractivity contribution is -0.120. The number of anilines is 2. The minimum absolute atomic E-state index is 0.0860. The molecule has 0 fully saturated rings. The molecule has 6 heteroatoms. The molecule has 26 heavy (non-hydrogen) atoms. The van der Waals surface area contributed by atoms with Gasteiger partial charge in [0.1, 0.15) is 12.3 Å². The van der Waals surface area contributed by atoms with Crippen molar-refractivity contribution in [3.05, 3.63) is 54.1 Å². The standard InChI is InChI=1S/C20H22N2O4/c1-4-26-19-11-6-5-10-18(19)22(15(3)24)13-20(25)21-17-9-7-8-16(12-17)14(2)23/h5-12H,4,13H2,1-3H3,(H,21,25). The summed E-state index contributed by atoms with van der Waals surface area (Å²) in [6.07, 6.45) is 0. The SMILES string of the molecule is CCOc1ccccc1N(CC(=O)Nc1cccc(C(C)=O)c1)C(C)=O. The van der Waals surface area contributed by atoms with Crippen LogP contribution in [0.2, 0.25) is 0 Å². The maximum absolute atomic E-state index is 12.4. The number of hydrogen-bond acceptors (Lipinski definition) is 4. The van der Waals surface area contributed by atoms with Crippen molar-refractivity contribution in [3.8, 4) is 5.75 Å². The molecule has 6 nitrogen and oxygen atoms in total. The van der Waals surface area contributed by atoms with Crippen LogP contribution in [0.3, 0.4) is 0 Å². The monoisotopic (exact) mass is 354 g/mol. The molecular weight excluding hydrogens is 332 g/mol. The molecule has 0 aliphatic carbocycles. The normalized spacial score (nSPS) is 10.1. The predicted octanol–water partition coefficient (Wildman–Crippen LogP) is 3.28. The summed E-state index contributed by atoms with van der Waals surface area (Å²) in [4.78, 5) is 37.3. The summed E-state index contributed by atoms with van der Waals surface area (Å²) >= 11 is 0. The summed E-state index contributed by atoms with van der Waals surface area (Å²) in [7, 11) is 0. The first kappa shape index (κ1) is 19.2. The highest BCUT2D eigenvalue weighted by atomic mass is 16.5. The van der Waals surface area contributed by atoms with E-state index in [1.807, 2.05) is 6.92 Å². The maximum Gasteiger partial charge on any atom is 0.244 e. The second kappa shape index (κ2) is 8.80. The average Bonchev–Trinajstić information content (AvgIpc) is 2.60. The van der Waals surface area contributed by atoms with E-state index in [1.165, 1.54) is 18.7 Å². The molecule has 0 heterocycles. The molecular formula is C20H22N2O4. The molecule has 0 aliphatic rings. The van der Waals surface area contributed by atoms with Gasteiger partial charge in [0.25, 0.3) is 0 Å². The van der Waals surface area contributed by atoms with Gasteiger partial charge in [0, 0.05) is 18.2 Å². The number of ether oxygens (including phenoxy) is 1. The van der Waals surface area contributed by atoms with Crippen molar-refractivity contribution in [1.82, 2.24) is 0 Å². The van der Waals surface area contributed by atoms with E-state index < -0.39 is 0 Å². The van der Waals surface area contributed by atoms with Gasteiger partial charge in [-0.1, -0.05) is 24.3 Å². The van der Waals surface area contributed by atoms with Crippen molar-refractivity contribution in [2.45, 2.75) is 20.8 Å². The number of carbonyl (C=O) groups is 3. The second-order valence-electron chi connectivity index (χ2n) is 5.69. The molecule has 0 bridgehead atoms. The van der Waals surface area contributed by atoms with Crippen molar-refractivity contribution in [2.24, 2.45) is 0 Å². The highest BCUT2D eigenvalue weighted by molar-refractivity contribution is 6.03. The van der Waals surface area contributed by atoms with Crippen LogP contribution in [0.5, 0.6) is 5.75 Å². The smallest absolute Gasteiger partial charge is 0.244 e. The zero-order valence-corrected chi connectivity index (χ0v) is 15.1. The number of para-hydroxylation sites is 2. The summed E-state index contributed by atoms with van der Waals surface area (Å²) in [5.74, 6) is -0.189. The van der Waals surface area contributed by atoms with Crippen LogP contribution in [0, 0.1) is 0 Å². The lowest BCUT2D eigenvalue weighted by atomic mass is 10.1. The first-order chi connectivity index (χ1) is 12.4. The number of Topliss-reactive ketones (excluding diaryl/α,β-unsaturated/α-hetero) is 1. The van der Waals surface area contributed by atoms with Crippen LogP contribution in [-0.2, 0) is 9.59 Å². The summed E-state index contributed by atoms with van der Waals surface area (Å²) in [6.45, 7) is 5.00. The van der Waals surface area contributed by atoms with Gasteiger partial charge in [-0.15, -0.1) is 0 Å². The Morgan fingerprint density at radius 1 is 1.04 bits per heavy atom. The van der Waals surface area contributed by atoms with Gasteiger partial charge in [-0.2, -0.15) is 0 Å². The van der Waals surface area contributed by atoms with Gasteiger partial charge in [-0.05, 0) is 38.1 Å². The van der Waals surface area contributed by atoms with E-state index in [0.29, 0.717) is 29.3 Å². The molecule has 0 aliphatic heterocycles. The highest BCUT2D eigenvalue weighted by Gasteiger charge is 2.19. The lowest BCUT2D eigenvalue weighted by Gasteiger charge is -2.23.